The number of carbonyl (C=O) groups is 1. The largest absolute Gasteiger partial charge is 0.496 e. The number of halogens is 1. The summed E-state index contributed by atoms with van der Waals surface area (Å²) in [4.78, 5) is 22.7. The van der Waals surface area contributed by atoms with Gasteiger partial charge in [0.15, 0.2) is 0 Å². The van der Waals surface area contributed by atoms with E-state index in [4.69, 9.17) is 16.3 Å². The SMILES string of the molecule is COc1cccc(Cl)c1CNC(=O)c1ccc(=O)[nH]n1. The van der Waals surface area contributed by atoms with E-state index in [2.05, 4.69) is 15.5 Å². The zero-order valence-electron chi connectivity index (χ0n) is 10.6. The minimum Gasteiger partial charge on any atom is -0.496 e. The Bertz CT molecular complexity index is 664. The van der Waals surface area contributed by atoms with Gasteiger partial charge < -0.3 is 10.1 Å². The summed E-state index contributed by atoms with van der Waals surface area (Å²) in [5, 5.41) is 9.00. The number of ether oxygens (including phenoxy) is 1. The smallest absolute Gasteiger partial charge is 0.271 e. The van der Waals surface area contributed by atoms with E-state index >= 15 is 0 Å². The number of carbonyl (C=O) groups excluding carboxylic acids is 1. The van der Waals surface area contributed by atoms with Crippen molar-refractivity contribution in [2.75, 3.05) is 7.11 Å². The lowest BCUT2D eigenvalue weighted by molar-refractivity contribution is 0.0944. The molecule has 1 heterocycles. The molecule has 1 aromatic carbocycles. The number of methoxy groups -OCH3 is 1. The molecule has 1 amide bonds. The Hall–Kier alpha value is -2.34. The fourth-order valence-electron chi connectivity index (χ4n) is 1.63. The van der Waals surface area contributed by atoms with Crippen molar-refractivity contribution in [1.29, 1.82) is 0 Å². The molecule has 2 N–H and O–H groups in total. The van der Waals surface area contributed by atoms with Gasteiger partial charge in [-0.1, -0.05) is 17.7 Å². The monoisotopic (exact) mass is 293 g/mol. The lowest BCUT2D eigenvalue weighted by atomic mass is 10.2. The van der Waals surface area contributed by atoms with E-state index in [9.17, 15) is 9.59 Å². The van der Waals surface area contributed by atoms with Crippen molar-refractivity contribution >= 4 is 17.5 Å². The van der Waals surface area contributed by atoms with Crippen LogP contribution in [0.2, 0.25) is 5.02 Å². The van der Waals surface area contributed by atoms with Crippen LogP contribution in [0.15, 0.2) is 35.1 Å². The number of H-pyrrole nitrogens is 1. The van der Waals surface area contributed by atoms with Crippen LogP contribution < -0.4 is 15.6 Å². The number of nitrogens with one attached hydrogen (secondary N) is 2. The van der Waals surface area contributed by atoms with Gasteiger partial charge in [-0.05, 0) is 18.2 Å². The van der Waals surface area contributed by atoms with Gasteiger partial charge in [-0.3, -0.25) is 9.59 Å². The second-order valence-corrected chi connectivity index (χ2v) is 4.32. The summed E-state index contributed by atoms with van der Waals surface area (Å²) in [6, 6.07) is 7.81. The first-order chi connectivity index (χ1) is 9.61. The van der Waals surface area contributed by atoms with Crippen molar-refractivity contribution in [3.05, 3.63) is 57.0 Å². The molecule has 0 fully saturated rings. The fourth-order valence-corrected chi connectivity index (χ4v) is 1.86. The molecular formula is C13H12ClN3O3. The number of rotatable bonds is 4. The van der Waals surface area contributed by atoms with E-state index in [1.807, 2.05) is 0 Å². The van der Waals surface area contributed by atoms with Gasteiger partial charge in [-0.2, -0.15) is 5.10 Å². The highest BCUT2D eigenvalue weighted by Crippen LogP contribution is 2.25. The Morgan fingerprint density at radius 3 is 2.85 bits per heavy atom. The van der Waals surface area contributed by atoms with Crippen molar-refractivity contribution in [2.45, 2.75) is 6.54 Å². The fraction of sp³-hybridized carbons (Fsp3) is 0.154. The molecule has 0 saturated heterocycles. The molecule has 0 unspecified atom stereocenters. The van der Waals surface area contributed by atoms with Gasteiger partial charge >= 0.3 is 0 Å². The normalized spacial score (nSPS) is 10.1. The highest BCUT2D eigenvalue weighted by Gasteiger charge is 2.11. The van der Waals surface area contributed by atoms with Gasteiger partial charge in [0.25, 0.3) is 11.5 Å². The van der Waals surface area contributed by atoms with Gasteiger partial charge in [0.1, 0.15) is 11.4 Å². The van der Waals surface area contributed by atoms with Crippen LogP contribution in [0.1, 0.15) is 16.1 Å². The van der Waals surface area contributed by atoms with Crippen molar-refractivity contribution in [3.63, 3.8) is 0 Å². The molecular weight excluding hydrogens is 282 g/mol. The molecule has 0 spiro atoms. The Morgan fingerprint density at radius 2 is 2.20 bits per heavy atom. The number of amides is 1. The molecule has 0 saturated carbocycles. The van der Waals surface area contributed by atoms with Crippen LogP contribution in [-0.2, 0) is 6.54 Å². The molecule has 1 aromatic heterocycles. The summed E-state index contributed by atoms with van der Waals surface area (Å²) < 4.78 is 5.18. The summed E-state index contributed by atoms with van der Waals surface area (Å²) in [6.07, 6.45) is 0. The molecule has 104 valence electrons. The topological polar surface area (TPSA) is 84.1 Å². The van der Waals surface area contributed by atoms with Crippen LogP contribution in [0.25, 0.3) is 0 Å². The van der Waals surface area contributed by atoms with Gasteiger partial charge in [0.05, 0.1) is 7.11 Å². The standard InChI is InChI=1S/C13H12ClN3O3/c1-20-11-4-2-3-9(14)8(11)7-15-13(19)10-5-6-12(18)17-16-10/h2-6H,7H2,1H3,(H,15,19)(H,17,18). The number of aromatic nitrogens is 2. The van der Waals surface area contributed by atoms with Crippen molar-refractivity contribution in [2.24, 2.45) is 0 Å². The molecule has 20 heavy (non-hydrogen) atoms. The third-order valence-electron chi connectivity index (χ3n) is 2.63. The van der Waals surface area contributed by atoms with Crippen molar-refractivity contribution < 1.29 is 9.53 Å². The molecule has 0 aliphatic heterocycles. The number of aromatic amines is 1. The van der Waals surface area contributed by atoms with E-state index in [0.717, 1.165) is 0 Å². The van der Waals surface area contributed by atoms with Crippen LogP contribution in [0.3, 0.4) is 0 Å². The molecule has 0 atom stereocenters. The third-order valence-corrected chi connectivity index (χ3v) is 2.99. The highest BCUT2D eigenvalue weighted by molar-refractivity contribution is 6.31. The second-order valence-electron chi connectivity index (χ2n) is 3.91. The summed E-state index contributed by atoms with van der Waals surface area (Å²) in [5.41, 5.74) is 0.430. The lowest BCUT2D eigenvalue weighted by Gasteiger charge is -2.11. The van der Waals surface area contributed by atoms with E-state index in [-0.39, 0.29) is 17.8 Å². The predicted molar refractivity (Wildman–Crippen MR) is 74.0 cm³/mol. The third kappa shape index (κ3) is 3.16. The average molecular weight is 294 g/mol. The Kier molecular flexibility index (Phi) is 4.37. The number of benzene rings is 1. The van der Waals surface area contributed by atoms with Gasteiger partial charge in [0.2, 0.25) is 0 Å². The maximum absolute atomic E-state index is 11.9. The molecule has 7 heteroatoms. The summed E-state index contributed by atoms with van der Waals surface area (Å²) >= 11 is 6.06. The Labute approximate surface area is 119 Å². The molecule has 6 nitrogen and oxygen atoms in total. The van der Waals surface area contributed by atoms with Crippen molar-refractivity contribution in [3.8, 4) is 5.75 Å². The van der Waals surface area contributed by atoms with Gasteiger partial charge in [-0.15, -0.1) is 0 Å². The molecule has 0 radical (unpaired) electrons. The van der Waals surface area contributed by atoms with E-state index < -0.39 is 5.91 Å². The minimum absolute atomic E-state index is 0.121. The first-order valence-corrected chi connectivity index (χ1v) is 6.15. The zero-order chi connectivity index (χ0) is 14.5. The second kappa shape index (κ2) is 6.21. The van der Waals surface area contributed by atoms with Crippen LogP contribution >= 0.6 is 11.6 Å². The van der Waals surface area contributed by atoms with Gasteiger partial charge in [-0.25, -0.2) is 5.10 Å². The van der Waals surface area contributed by atoms with Crippen LogP contribution in [0.4, 0.5) is 0 Å². The predicted octanol–water partition coefficient (Wildman–Crippen LogP) is 1.36. The quantitative estimate of drug-likeness (QED) is 0.891. The number of nitrogens with zero attached hydrogens (tertiary/aromatic N) is 1. The first kappa shape index (κ1) is 14.1. The summed E-state index contributed by atoms with van der Waals surface area (Å²) in [6.45, 7) is 0.197. The maximum Gasteiger partial charge on any atom is 0.271 e. The summed E-state index contributed by atoms with van der Waals surface area (Å²) in [7, 11) is 1.53. The lowest BCUT2D eigenvalue weighted by Crippen LogP contribution is -2.25. The average Bonchev–Trinajstić information content (AvgIpc) is 2.46. The molecule has 2 aromatic rings. The highest BCUT2D eigenvalue weighted by atomic mass is 35.5. The van der Waals surface area contributed by atoms with Crippen LogP contribution in [-0.4, -0.2) is 23.2 Å². The molecule has 2 rings (SSSR count). The van der Waals surface area contributed by atoms with Crippen LogP contribution in [0, 0.1) is 0 Å². The van der Waals surface area contributed by atoms with Gasteiger partial charge in [0, 0.05) is 23.2 Å². The molecule has 0 aliphatic carbocycles. The first-order valence-electron chi connectivity index (χ1n) is 5.77. The minimum atomic E-state index is -0.414. The Morgan fingerprint density at radius 1 is 1.40 bits per heavy atom. The number of hydrogen-bond acceptors (Lipinski definition) is 4. The van der Waals surface area contributed by atoms with E-state index in [0.29, 0.717) is 16.3 Å². The van der Waals surface area contributed by atoms with Crippen LogP contribution in [0.5, 0.6) is 5.75 Å². The summed E-state index contributed by atoms with van der Waals surface area (Å²) in [5.74, 6) is 0.176. The maximum atomic E-state index is 11.9. The van der Waals surface area contributed by atoms with E-state index in [1.165, 1.54) is 19.2 Å². The molecule has 0 aliphatic rings. The van der Waals surface area contributed by atoms with E-state index in [1.54, 1.807) is 18.2 Å². The Balaban J connectivity index is 2.11. The van der Waals surface area contributed by atoms with Crippen molar-refractivity contribution in [1.82, 2.24) is 15.5 Å². The number of hydrogen-bond donors (Lipinski definition) is 2. The molecule has 0 bridgehead atoms. The zero-order valence-corrected chi connectivity index (χ0v) is 11.4.